The Balaban J connectivity index is 1.97. The van der Waals surface area contributed by atoms with E-state index >= 15 is 0 Å². The lowest BCUT2D eigenvalue weighted by Gasteiger charge is -2.27. The Morgan fingerprint density at radius 3 is 2.60 bits per heavy atom. The molecule has 0 spiro atoms. The summed E-state index contributed by atoms with van der Waals surface area (Å²) < 4.78 is 3.26. The highest BCUT2D eigenvalue weighted by atomic mass is 79.9. The molecule has 0 aliphatic carbocycles. The molecule has 0 aliphatic heterocycles. The van der Waals surface area contributed by atoms with E-state index < -0.39 is 0 Å². The molecule has 0 saturated carbocycles. The number of fused-ring (bicyclic) bond motifs is 1. The number of amides is 1. The van der Waals surface area contributed by atoms with Crippen LogP contribution in [0.5, 0.6) is 0 Å². The van der Waals surface area contributed by atoms with Crippen LogP contribution in [-0.4, -0.2) is 31.3 Å². The zero-order chi connectivity index (χ0) is 18.1. The fourth-order valence-corrected chi connectivity index (χ4v) is 3.37. The summed E-state index contributed by atoms with van der Waals surface area (Å²) in [4.78, 5) is 31.5. The van der Waals surface area contributed by atoms with Gasteiger partial charge >= 0.3 is 0 Å². The van der Waals surface area contributed by atoms with Gasteiger partial charge < -0.3 is 4.90 Å². The number of rotatable bonds is 4. The van der Waals surface area contributed by atoms with Gasteiger partial charge in [-0.1, -0.05) is 18.2 Å². The van der Waals surface area contributed by atoms with Crippen molar-refractivity contribution in [3.05, 3.63) is 51.6 Å². The summed E-state index contributed by atoms with van der Waals surface area (Å²) in [5.41, 5.74) is 0.978. The van der Waals surface area contributed by atoms with Gasteiger partial charge in [-0.15, -0.1) is 0 Å². The lowest BCUT2D eigenvalue weighted by Crippen LogP contribution is -2.41. The van der Waals surface area contributed by atoms with E-state index in [1.165, 1.54) is 15.6 Å². The monoisotopic (exact) mass is 403 g/mol. The molecular weight excluding hydrogens is 386 g/mol. The highest BCUT2D eigenvalue weighted by molar-refractivity contribution is 9.10. The molecule has 0 fully saturated rings. The first-order chi connectivity index (χ1) is 11.9. The molecule has 0 bridgehead atoms. The molecule has 0 saturated heterocycles. The molecule has 0 atom stereocenters. The second-order valence-corrected chi connectivity index (χ2v) is 6.73. The second kappa shape index (κ2) is 6.79. The van der Waals surface area contributed by atoms with Gasteiger partial charge in [-0.25, -0.2) is 9.67 Å². The summed E-state index contributed by atoms with van der Waals surface area (Å²) in [6.45, 7) is 3.79. The number of benzene rings is 1. The lowest BCUT2D eigenvalue weighted by molar-refractivity contribution is -0.119. The summed E-state index contributed by atoms with van der Waals surface area (Å²) in [7, 11) is 1.71. The van der Waals surface area contributed by atoms with Crippen molar-refractivity contribution in [1.29, 1.82) is 0 Å². The molecule has 1 aromatic carbocycles. The van der Waals surface area contributed by atoms with Crippen LogP contribution in [0.3, 0.4) is 0 Å². The summed E-state index contributed by atoms with van der Waals surface area (Å²) in [6.07, 6.45) is 1.39. The molecule has 7 nitrogen and oxygen atoms in total. The summed E-state index contributed by atoms with van der Waals surface area (Å²) >= 11 is 3.28. The van der Waals surface area contributed by atoms with E-state index in [-0.39, 0.29) is 24.1 Å². The number of halogens is 1. The Hall–Kier alpha value is -2.48. The fraction of sp³-hybridized carbons (Fsp3) is 0.294. The van der Waals surface area contributed by atoms with Gasteiger partial charge in [-0.2, -0.15) is 5.10 Å². The minimum atomic E-state index is -0.296. The first-order valence-corrected chi connectivity index (χ1v) is 8.64. The number of aromatic nitrogens is 4. The van der Waals surface area contributed by atoms with Crippen LogP contribution in [0.1, 0.15) is 13.8 Å². The van der Waals surface area contributed by atoms with Gasteiger partial charge in [-0.3, -0.25) is 14.2 Å². The molecule has 3 rings (SSSR count). The van der Waals surface area contributed by atoms with Gasteiger partial charge in [0, 0.05) is 18.8 Å². The summed E-state index contributed by atoms with van der Waals surface area (Å²) in [6, 6.07) is 9.37. The smallest absolute Gasteiger partial charge is 0.266 e. The zero-order valence-electron chi connectivity index (χ0n) is 14.2. The van der Waals surface area contributed by atoms with E-state index in [1.54, 1.807) is 11.9 Å². The molecule has 8 heteroatoms. The number of nitrogens with zero attached hydrogens (tertiary/aromatic N) is 5. The average Bonchev–Trinajstić information content (AvgIpc) is 2.85. The predicted octanol–water partition coefficient (Wildman–Crippen LogP) is 2.33. The van der Waals surface area contributed by atoms with Crippen LogP contribution in [0.2, 0.25) is 0 Å². The van der Waals surface area contributed by atoms with Gasteiger partial charge in [0.25, 0.3) is 5.56 Å². The van der Waals surface area contributed by atoms with E-state index in [2.05, 4.69) is 26.0 Å². The van der Waals surface area contributed by atoms with Gasteiger partial charge in [0.1, 0.15) is 22.9 Å². The largest absolute Gasteiger partial charge is 0.308 e. The van der Waals surface area contributed by atoms with E-state index in [9.17, 15) is 9.59 Å². The lowest BCUT2D eigenvalue weighted by atomic mass is 10.2. The molecule has 2 aromatic heterocycles. The Morgan fingerprint density at radius 1 is 1.28 bits per heavy atom. The number of hydrogen-bond acceptors (Lipinski definition) is 4. The molecule has 0 radical (unpaired) electrons. The van der Waals surface area contributed by atoms with Crippen LogP contribution in [0.15, 0.2) is 46.1 Å². The van der Waals surface area contributed by atoms with Crippen LogP contribution in [-0.2, 0) is 18.4 Å². The van der Waals surface area contributed by atoms with Crippen molar-refractivity contribution in [2.24, 2.45) is 7.05 Å². The number of carbonyl (C=O) groups excluding carboxylic acids is 1. The van der Waals surface area contributed by atoms with Crippen molar-refractivity contribution in [3.63, 3.8) is 0 Å². The topological polar surface area (TPSA) is 73.0 Å². The molecule has 1 amide bonds. The Labute approximate surface area is 153 Å². The number of para-hydroxylation sites is 1. The van der Waals surface area contributed by atoms with Crippen molar-refractivity contribution in [2.45, 2.75) is 26.4 Å². The maximum atomic E-state index is 12.8. The molecule has 25 heavy (non-hydrogen) atoms. The zero-order valence-corrected chi connectivity index (χ0v) is 15.8. The van der Waals surface area contributed by atoms with Gasteiger partial charge in [0.05, 0.1) is 0 Å². The predicted molar refractivity (Wildman–Crippen MR) is 99.5 cm³/mol. The first kappa shape index (κ1) is 17.3. The molecular formula is C17H18BrN5O2. The van der Waals surface area contributed by atoms with Crippen LogP contribution in [0, 0.1) is 0 Å². The number of anilines is 1. The van der Waals surface area contributed by atoms with Crippen molar-refractivity contribution >= 4 is 38.6 Å². The van der Waals surface area contributed by atoms with Crippen LogP contribution >= 0.6 is 15.9 Å². The molecule has 0 unspecified atom stereocenters. The molecule has 3 aromatic rings. The van der Waals surface area contributed by atoms with Crippen molar-refractivity contribution in [3.8, 4) is 0 Å². The fourth-order valence-electron chi connectivity index (χ4n) is 2.79. The average molecular weight is 404 g/mol. The van der Waals surface area contributed by atoms with Crippen LogP contribution in [0.25, 0.3) is 11.0 Å². The van der Waals surface area contributed by atoms with E-state index in [0.717, 1.165) is 5.69 Å². The van der Waals surface area contributed by atoms with E-state index in [4.69, 9.17) is 0 Å². The maximum absolute atomic E-state index is 12.8. The Morgan fingerprint density at radius 2 is 1.96 bits per heavy atom. The highest BCUT2D eigenvalue weighted by Gasteiger charge is 2.21. The Kier molecular flexibility index (Phi) is 4.71. The molecule has 130 valence electrons. The minimum Gasteiger partial charge on any atom is -0.308 e. The summed E-state index contributed by atoms with van der Waals surface area (Å²) in [5.74, 6) is -0.176. The third kappa shape index (κ3) is 3.21. The van der Waals surface area contributed by atoms with E-state index in [0.29, 0.717) is 15.6 Å². The standard InChI is InChI=1S/C17H18BrN5O2/c1-11(2)23(12-7-5-4-6-8-12)13(24)9-22-10-19-16-14(17(22)25)15(18)20-21(16)3/h4-8,10-11H,9H2,1-3H3. The summed E-state index contributed by atoms with van der Waals surface area (Å²) in [5, 5.41) is 4.51. The Bertz CT molecular complexity index is 978. The molecule has 2 heterocycles. The maximum Gasteiger partial charge on any atom is 0.266 e. The third-order valence-electron chi connectivity index (χ3n) is 3.89. The number of hydrogen-bond donors (Lipinski definition) is 0. The molecule has 0 N–H and O–H groups in total. The van der Waals surface area contributed by atoms with Gasteiger partial charge in [-0.05, 0) is 41.9 Å². The number of aryl methyl sites for hydroxylation is 1. The number of carbonyl (C=O) groups is 1. The van der Waals surface area contributed by atoms with Crippen LogP contribution in [0.4, 0.5) is 5.69 Å². The quantitative estimate of drug-likeness (QED) is 0.669. The highest BCUT2D eigenvalue weighted by Crippen LogP contribution is 2.18. The van der Waals surface area contributed by atoms with Crippen LogP contribution < -0.4 is 10.5 Å². The minimum absolute atomic E-state index is 0.0348. The normalized spacial score (nSPS) is 11.2. The second-order valence-electron chi connectivity index (χ2n) is 5.98. The van der Waals surface area contributed by atoms with Crippen molar-refractivity contribution < 1.29 is 4.79 Å². The van der Waals surface area contributed by atoms with Crippen molar-refractivity contribution in [2.75, 3.05) is 4.90 Å². The first-order valence-electron chi connectivity index (χ1n) is 7.85. The SMILES string of the molecule is CC(C)N(C(=O)Cn1cnc2c(c(Br)nn2C)c1=O)c1ccccc1. The van der Waals surface area contributed by atoms with E-state index in [1.807, 2.05) is 44.2 Å². The van der Waals surface area contributed by atoms with Crippen molar-refractivity contribution in [1.82, 2.24) is 19.3 Å². The van der Waals surface area contributed by atoms with Gasteiger partial charge in [0.15, 0.2) is 5.65 Å². The molecule has 0 aliphatic rings. The third-order valence-corrected chi connectivity index (χ3v) is 4.45. The van der Waals surface area contributed by atoms with Gasteiger partial charge in [0.2, 0.25) is 5.91 Å².